The average Bonchev–Trinajstić information content (AvgIpc) is 3.06. The third kappa shape index (κ3) is 3.12. The Balaban J connectivity index is 0.00000169. The first kappa shape index (κ1) is 16.8. The smallest absolute Gasteiger partial charge is 0.253 e. The first-order valence-electron chi connectivity index (χ1n) is 8.28. The SMILES string of the molecule is Cl.O=C(c1ccc(N2CCc3ccccc32)cc1)N1CCNCC1. The first-order chi connectivity index (χ1) is 11.3. The summed E-state index contributed by atoms with van der Waals surface area (Å²) < 4.78 is 0. The molecule has 1 saturated heterocycles. The number of hydrogen-bond donors (Lipinski definition) is 1. The fraction of sp³-hybridized carbons (Fsp3) is 0.316. The molecular weight excluding hydrogens is 322 g/mol. The number of para-hydroxylation sites is 1. The maximum Gasteiger partial charge on any atom is 0.253 e. The largest absolute Gasteiger partial charge is 0.341 e. The molecule has 2 aromatic carbocycles. The van der Waals surface area contributed by atoms with Gasteiger partial charge in [0.1, 0.15) is 0 Å². The average molecular weight is 344 g/mol. The fourth-order valence-corrected chi connectivity index (χ4v) is 3.44. The zero-order valence-electron chi connectivity index (χ0n) is 13.6. The number of piperazine rings is 1. The Morgan fingerprint density at radius 1 is 0.917 bits per heavy atom. The first-order valence-corrected chi connectivity index (χ1v) is 8.28. The molecule has 4 rings (SSSR count). The Morgan fingerprint density at radius 3 is 2.38 bits per heavy atom. The molecule has 0 saturated carbocycles. The van der Waals surface area contributed by atoms with Gasteiger partial charge in [-0.1, -0.05) is 18.2 Å². The summed E-state index contributed by atoms with van der Waals surface area (Å²) in [4.78, 5) is 16.8. The number of benzene rings is 2. The molecule has 0 spiro atoms. The molecule has 2 aliphatic rings. The number of nitrogens with zero attached hydrogens (tertiary/aromatic N) is 2. The van der Waals surface area contributed by atoms with Gasteiger partial charge in [0.15, 0.2) is 0 Å². The number of carbonyl (C=O) groups is 1. The summed E-state index contributed by atoms with van der Waals surface area (Å²) in [6, 6.07) is 16.6. The van der Waals surface area contributed by atoms with Crippen LogP contribution in [-0.4, -0.2) is 43.5 Å². The third-order valence-electron chi connectivity index (χ3n) is 4.72. The molecule has 2 heterocycles. The van der Waals surface area contributed by atoms with E-state index in [1.807, 2.05) is 17.0 Å². The molecule has 126 valence electrons. The van der Waals surface area contributed by atoms with Crippen LogP contribution in [-0.2, 0) is 6.42 Å². The van der Waals surface area contributed by atoms with Gasteiger partial charge >= 0.3 is 0 Å². The molecular formula is C19H22ClN3O. The second-order valence-electron chi connectivity index (χ2n) is 6.12. The highest BCUT2D eigenvalue weighted by Crippen LogP contribution is 2.34. The lowest BCUT2D eigenvalue weighted by atomic mass is 10.1. The number of anilines is 2. The summed E-state index contributed by atoms with van der Waals surface area (Å²) in [5, 5.41) is 3.28. The molecule has 4 nitrogen and oxygen atoms in total. The number of fused-ring (bicyclic) bond motifs is 1. The van der Waals surface area contributed by atoms with E-state index in [2.05, 4.69) is 46.6 Å². The van der Waals surface area contributed by atoms with Gasteiger partial charge in [0.05, 0.1) is 0 Å². The van der Waals surface area contributed by atoms with Gasteiger partial charge in [-0.2, -0.15) is 0 Å². The molecule has 0 radical (unpaired) electrons. The van der Waals surface area contributed by atoms with E-state index < -0.39 is 0 Å². The van der Waals surface area contributed by atoms with Gasteiger partial charge in [-0.3, -0.25) is 4.79 Å². The van der Waals surface area contributed by atoms with E-state index in [-0.39, 0.29) is 18.3 Å². The number of carbonyl (C=O) groups excluding carboxylic acids is 1. The molecule has 1 N–H and O–H groups in total. The van der Waals surface area contributed by atoms with Crippen LogP contribution in [0.15, 0.2) is 48.5 Å². The highest BCUT2D eigenvalue weighted by Gasteiger charge is 2.21. The van der Waals surface area contributed by atoms with E-state index in [0.29, 0.717) is 0 Å². The zero-order chi connectivity index (χ0) is 15.6. The second kappa shape index (κ2) is 7.24. The maximum absolute atomic E-state index is 12.5. The number of nitrogens with one attached hydrogen (secondary N) is 1. The lowest BCUT2D eigenvalue weighted by Gasteiger charge is -2.27. The van der Waals surface area contributed by atoms with Crippen molar-refractivity contribution in [2.45, 2.75) is 6.42 Å². The molecule has 5 heteroatoms. The van der Waals surface area contributed by atoms with Gasteiger partial charge in [0, 0.05) is 49.7 Å². The van der Waals surface area contributed by atoms with E-state index in [1.54, 1.807) is 0 Å². The van der Waals surface area contributed by atoms with Crippen molar-refractivity contribution >= 4 is 29.7 Å². The van der Waals surface area contributed by atoms with Crippen LogP contribution < -0.4 is 10.2 Å². The lowest BCUT2D eigenvalue weighted by molar-refractivity contribution is 0.0736. The Bertz CT molecular complexity index is 711. The quantitative estimate of drug-likeness (QED) is 0.910. The minimum absolute atomic E-state index is 0. The Kier molecular flexibility index (Phi) is 5.07. The highest BCUT2D eigenvalue weighted by atomic mass is 35.5. The molecule has 24 heavy (non-hydrogen) atoms. The Hall–Kier alpha value is -2.04. The molecule has 0 aliphatic carbocycles. The number of rotatable bonds is 2. The highest BCUT2D eigenvalue weighted by molar-refractivity contribution is 5.94. The van der Waals surface area contributed by atoms with Crippen molar-refractivity contribution < 1.29 is 4.79 Å². The fourth-order valence-electron chi connectivity index (χ4n) is 3.44. The van der Waals surface area contributed by atoms with Crippen LogP contribution in [0.5, 0.6) is 0 Å². The zero-order valence-corrected chi connectivity index (χ0v) is 14.4. The predicted octanol–water partition coefficient (Wildman–Crippen LogP) is 2.85. The Labute approximate surface area is 148 Å². The van der Waals surface area contributed by atoms with E-state index in [1.165, 1.54) is 11.3 Å². The monoisotopic (exact) mass is 343 g/mol. The van der Waals surface area contributed by atoms with Crippen molar-refractivity contribution in [1.82, 2.24) is 10.2 Å². The topological polar surface area (TPSA) is 35.6 Å². The van der Waals surface area contributed by atoms with Crippen LogP contribution in [0, 0.1) is 0 Å². The van der Waals surface area contributed by atoms with Crippen molar-refractivity contribution in [1.29, 1.82) is 0 Å². The summed E-state index contributed by atoms with van der Waals surface area (Å²) in [7, 11) is 0. The van der Waals surface area contributed by atoms with Crippen molar-refractivity contribution in [2.24, 2.45) is 0 Å². The summed E-state index contributed by atoms with van der Waals surface area (Å²) >= 11 is 0. The second-order valence-corrected chi connectivity index (χ2v) is 6.12. The van der Waals surface area contributed by atoms with E-state index >= 15 is 0 Å². The summed E-state index contributed by atoms with van der Waals surface area (Å²) in [5.74, 6) is 0.139. The van der Waals surface area contributed by atoms with Gasteiger partial charge in [0.2, 0.25) is 0 Å². The van der Waals surface area contributed by atoms with Gasteiger partial charge in [-0.25, -0.2) is 0 Å². The molecule has 0 atom stereocenters. The minimum Gasteiger partial charge on any atom is -0.341 e. The van der Waals surface area contributed by atoms with E-state index in [0.717, 1.165) is 50.4 Å². The van der Waals surface area contributed by atoms with Gasteiger partial charge < -0.3 is 15.1 Å². The van der Waals surface area contributed by atoms with Gasteiger partial charge in [-0.05, 0) is 42.3 Å². The number of hydrogen-bond acceptors (Lipinski definition) is 3. The van der Waals surface area contributed by atoms with Crippen LogP contribution in [0.4, 0.5) is 11.4 Å². The number of amides is 1. The standard InChI is InChI=1S/C19H21N3O.ClH/c23-19(21-13-10-20-11-14-21)16-5-7-17(8-6-16)22-12-9-15-3-1-2-4-18(15)22;/h1-8,20H,9-14H2;1H. The van der Waals surface area contributed by atoms with E-state index in [4.69, 9.17) is 0 Å². The van der Waals surface area contributed by atoms with Gasteiger partial charge in [-0.15, -0.1) is 12.4 Å². The van der Waals surface area contributed by atoms with Crippen LogP contribution in [0.1, 0.15) is 15.9 Å². The normalized spacial score (nSPS) is 16.5. The summed E-state index contributed by atoms with van der Waals surface area (Å²) in [6.45, 7) is 4.35. The minimum atomic E-state index is 0. The van der Waals surface area contributed by atoms with E-state index in [9.17, 15) is 4.79 Å². The molecule has 0 aromatic heterocycles. The van der Waals surface area contributed by atoms with Crippen LogP contribution in [0.3, 0.4) is 0 Å². The van der Waals surface area contributed by atoms with Crippen LogP contribution in [0.2, 0.25) is 0 Å². The number of halogens is 1. The van der Waals surface area contributed by atoms with Crippen LogP contribution in [0.25, 0.3) is 0 Å². The molecule has 2 aromatic rings. The molecule has 0 bridgehead atoms. The predicted molar refractivity (Wildman–Crippen MR) is 99.6 cm³/mol. The van der Waals surface area contributed by atoms with Crippen molar-refractivity contribution in [2.75, 3.05) is 37.6 Å². The molecule has 0 unspecified atom stereocenters. The van der Waals surface area contributed by atoms with Crippen molar-refractivity contribution in [3.05, 3.63) is 59.7 Å². The van der Waals surface area contributed by atoms with Crippen molar-refractivity contribution in [3.63, 3.8) is 0 Å². The molecule has 2 aliphatic heterocycles. The summed E-state index contributed by atoms with van der Waals surface area (Å²) in [5.41, 5.74) is 4.62. The lowest BCUT2D eigenvalue weighted by Crippen LogP contribution is -2.46. The Morgan fingerprint density at radius 2 is 1.62 bits per heavy atom. The van der Waals surface area contributed by atoms with Crippen LogP contribution >= 0.6 is 12.4 Å². The molecule has 1 amide bonds. The summed E-state index contributed by atoms with van der Waals surface area (Å²) in [6.07, 6.45) is 1.08. The molecule has 1 fully saturated rings. The van der Waals surface area contributed by atoms with Crippen molar-refractivity contribution in [3.8, 4) is 0 Å². The van der Waals surface area contributed by atoms with Gasteiger partial charge in [0.25, 0.3) is 5.91 Å². The maximum atomic E-state index is 12.5. The third-order valence-corrected chi connectivity index (χ3v) is 4.72.